The average molecular weight is 458 g/mol. The van der Waals surface area contributed by atoms with Crippen molar-refractivity contribution < 1.29 is 19.4 Å². The van der Waals surface area contributed by atoms with E-state index in [2.05, 4.69) is 9.97 Å². The molecule has 0 saturated heterocycles. The normalized spacial score (nSPS) is 11.8. The Morgan fingerprint density at radius 2 is 1.89 bits per heavy atom. The van der Waals surface area contributed by atoms with Gasteiger partial charge in [-0.1, -0.05) is 0 Å². The van der Waals surface area contributed by atoms with Crippen LogP contribution in [0.5, 0.6) is 0 Å². The van der Waals surface area contributed by atoms with Crippen molar-refractivity contribution in [1.82, 2.24) is 9.97 Å². The van der Waals surface area contributed by atoms with Crippen LogP contribution >= 0.6 is 11.8 Å². The van der Waals surface area contributed by atoms with Crippen molar-refractivity contribution in [2.45, 2.75) is 36.3 Å². The van der Waals surface area contributed by atoms with Crippen LogP contribution in [-0.2, 0) is 4.74 Å². The number of carboxylic acids is 1. The minimum absolute atomic E-state index is 0.214. The summed E-state index contributed by atoms with van der Waals surface area (Å²) in [5.74, 6) is -0.946. The fraction of sp³-hybridized carbons (Fsp3) is 0.200. The SMILES string of the molecule is CC(C)(C)OC(=O)[AsH]c1cc(Sc2ccc3c(C(=O)O)cccc3c2)ncn1. The van der Waals surface area contributed by atoms with Crippen molar-refractivity contribution in [1.29, 1.82) is 0 Å². The second kappa shape index (κ2) is 8.33. The number of hydrogen-bond donors (Lipinski definition) is 1. The second-order valence-electron chi connectivity index (χ2n) is 6.96. The van der Waals surface area contributed by atoms with Gasteiger partial charge < -0.3 is 0 Å². The topological polar surface area (TPSA) is 89.4 Å². The number of benzene rings is 2. The molecule has 0 aliphatic rings. The molecular weight excluding hydrogens is 439 g/mol. The van der Waals surface area contributed by atoms with Gasteiger partial charge in [0.15, 0.2) is 0 Å². The van der Waals surface area contributed by atoms with Crippen molar-refractivity contribution in [3.8, 4) is 0 Å². The Labute approximate surface area is 173 Å². The summed E-state index contributed by atoms with van der Waals surface area (Å²) in [5, 5.41) is 11.6. The van der Waals surface area contributed by atoms with Gasteiger partial charge in [0.1, 0.15) is 0 Å². The van der Waals surface area contributed by atoms with Crippen LogP contribution in [-0.4, -0.2) is 47.2 Å². The molecule has 0 fully saturated rings. The van der Waals surface area contributed by atoms with E-state index in [1.54, 1.807) is 18.2 Å². The maximum atomic E-state index is 12.0. The molecule has 1 aromatic heterocycles. The number of aromatic carboxylic acids is 1. The number of carbonyl (C=O) groups is 2. The van der Waals surface area contributed by atoms with Crippen molar-refractivity contribution in [3.05, 3.63) is 54.4 Å². The molecule has 1 heterocycles. The Morgan fingerprint density at radius 3 is 2.61 bits per heavy atom. The molecule has 0 aliphatic heterocycles. The zero-order chi connectivity index (χ0) is 20.3. The molecule has 0 spiro atoms. The summed E-state index contributed by atoms with van der Waals surface area (Å²) in [6.07, 6.45) is 1.45. The van der Waals surface area contributed by atoms with Gasteiger partial charge in [0, 0.05) is 0 Å². The van der Waals surface area contributed by atoms with Crippen LogP contribution in [0.3, 0.4) is 0 Å². The molecular formula is C20H19AsN2O4S. The van der Waals surface area contributed by atoms with Gasteiger partial charge in [0.05, 0.1) is 0 Å². The Bertz CT molecular complexity index is 1050. The first-order chi connectivity index (χ1) is 13.2. The van der Waals surface area contributed by atoms with Crippen LogP contribution < -0.4 is 4.48 Å². The van der Waals surface area contributed by atoms with Crippen molar-refractivity contribution in [3.63, 3.8) is 0 Å². The van der Waals surface area contributed by atoms with E-state index in [1.807, 2.05) is 45.0 Å². The fourth-order valence-corrected chi connectivity index (χ4v) is 5.44. The van der Waals surface area contributed by atoms with E-state index in [-0.39, 0.29) is 10.3 Å². The van der Waals surface area contributed by atoms with Gasteiger partial charge >= 0.3 is 174 Å². The Kier molecular flexibility index (Phi) is 6.06. The predicted octanol–water partition coefficient (Wildman–Crippen LogP) is 3.48. The van der Waals surface area contributed by atoms with Gasteiger partial charge in [0.25, 0.3) is 0 Å². The van der Waals surface area contributed by atoms with Crippen LogP contribution in [0.4, 0.5) is 4.79 Å². The molecule has 1 unspecified atom stereocenters. The number of hydrogen-bond acceptors (Lipinski definition) is 6. The van der Waals surface area contributed by atoms with E-state index in [0.717, 1.165) is 15.3 Å². The standard InChI is InChI=1S/C20H19AsN2O4S/c1-20(2,3)27-19(26)21-16-10-17(23-11-22-16)28-13-7-8-14-12(9-13)5-4-6-15(14)18(24)25/h4-11,21H,1-3H3,(H,24,25). The van der Waals surface area contributed by atoms with Gasteiger partial charge in [0.2, 0.25) is 0 Å². The van der Waals surface area contributed by atoms with Gasteiger partial charge in [-0.25, -0.2) is 0 Å². The summed E-state index contributed by atoms with van der Waals surface area (Å²) in [6, 6.07) is 12.6. The maximum absolute atomic E-state index is 12.0. The summed E-state index contributed by atoms with van der Waals surface area (Å²) >= 11 is 0.263. The number of aromatic nitrogens is 2. The number of carboxylic acid groups (broad SMARTS) is 1. The Balaban J connectivity index is 1.79. The molecule has 2 aromatic carbocycles. The fourth-order valence-electron chi connectivity index (χ4n) is 2.50. The molecule has 0 bridgehead atoms. The van der Waals surface area contributed by atoms with Gasteiger partial charge in [-0.05, 0) is 0 Å². The first kappa shape index (κ1) is 20.4. The van der Waals surface area contributed by atoms with E-state index < -0.39 is 27.3 Å². The van der Waals surface area contributed by atoms with E-state index in [0.29, 0.717) is 9.87 Å². The monoisotopic (exact) mass is 458 g/mol. The van der Waals surface area contributed by atoms with Crippen LogP contribution in [0.15, 0.2) is 58.7 Å². The first-order valence-corrected chi connectivity index (χ1v) is 11.4. The molecule has 3 rings (SSSR count). The molecule has 0 saturated carbocycles. The predicted molar refractivity (Wildman–Crippen MR) is 110 cm³/mol. The molecule has 6 nitrogen and oxygen atoms in total. The van der Waals surface area contributed by atoms with E-state index in [4.69, 9.17) is 4.74 Å². The zero-order valence-electron chi connectivity index (χ0n) is 15.6. The third kappa shape index (κ3) is 5.33. The van der Waals surface area contributed by atoms with Crippen molar-refractivity contribution in [2.24, 2.45) is 0 Å². The molecule has 0 radical (unpaired) electrons. The van der Waals surface area contributed by atoms with Crippen molar-refractivity contribution >= 4 is 53.5 Å². The Hall–Kier alpha value is -2.37. The molecule has 3 aromatic rings. The molecule has 0 amide bonds. The molecule has 28 heavy (non-hydrogen) atoms. The van der Waals surface area contributed by atoms with E-state index in [1.165, 1.54) is 18.1 Å². The number of carbonyl (C=O) groups excluding carboxylic acids is 1. The molecule has 144 valence electrons. The van der Waals surface area contributed by atoms with Gasteiger partial charge in [-0.3, -0.25) is 0 Å². The summed E-state index contributed by atoms with van der Waals surface area (Å²) in [7, 11) is 0. The molecule has 8 heteroatoms. The molecule has 1 N–H and O–H groups in total. The van der Waals surface area contributed by atoms with E-state index >= 15 is 0 Å². The average Bonchev–Trinajstić information content (AvgIpc) is 2.59. The number of nitrogens with zero attached hydrogens (tertiary/aromatic N) is 2. The zero-order valence-corrected chi connectivity index (χ0v) is 18.5. The number of ether oxygens (including phenoxy) is 1. The summed E-state index contributed by atoms with van der Waals surface area (Å²) in [6.45, 7) is 5.52. The molecule has 0 aliphatic carbocycles. The van der Waals surface area contributed by atoms with Gasteiger partial charge in [-0.2, -0.15) is 0 Å². The number of rotatable bonds is 5. The van der Waals surface area contributed by atoms with Crippen LogP contribution in [0, 0.1) is 0 Å². The van der Waals surface area contributed by atoms with Crippen LogP contribution in [0.2, 0.25) is 0 Å². The summed E-state index contributed by atoms with van der Waals surface area (Å²) in [5.41, 5.74) is -0.230. The van der Waals surface area contributed by atoms with E-state index in [9.17, 15) is 14.7 Å². The Morgan fingerprint density at radius 1 is 1.11 bits per heavy atom. The van der Waals surface area contributed by atoms with Crippen molar-refractivity contribution in [2.75, 3.05) is 0 Å². The first-order valence-electron chi connectivity index (χ1n) is 8.47. The summed E-state index contributed by atoms with van der Waals surface area (Å²) in [4.78, 5) is 32.8. The quantitative estimate of drug-likeness (QED) is 0.463. The van der Waals surface area contributed by atoms with Crippen LogP contribution in [0.1, 0.15) is 31.1 Å². The summed E-state index contributed by atoms with van der Waals surface area (Å²) < 4.78 is 5.88. The second-order valence-corrected chi connectivity index (χ2v) is 10.5. The number of fused-ring (bicyclic) bond motifs is 1. The van der Waals surface area contributed by atoms with Crippen LogP contribution in [0.25, 0.3) is 10.8 Å². The minimum atomic E-state index is -1.18. The van der Waals surface area contributed by atoms with Gasteiger partial charge in [-0.15, -0.1) is 0 Å². The third-order valence-electron chi connectivity index (χ3n) is 3.58. The third-order valence-corrected chi connectivity index (χ3v) is 6.25. The molecule has 1 atom stereocenters.